The van der Waals surface area contributed by atoms with Crippen LogP contribution in [0.2, 0.25) is 0 Å². The molecule has 0 bridgehead atoms. The van der Waals surface area contributed by atoms with Crippen LogP contribution >= 0.6 is 0 Å². The Morgan fingerprint density at radius 2 is 1.60 bits per heavy atom. The molecule has 1 fully saturated rings. The molecule has 0 aromatic heterocycles. The Balaban J connectivity index is 1.61. The molecule has 1 amide bonds. The fraction of sp³-hybridized carbons (Fsp3) is 0.350. The Kier molecular flexibility index (Phi) is 5.23. The second-order valence-corrected chi connectivity index (χ2v) is 8.93. The van der Waals surface area contributed by atoms with E-state index in [1.54, 1.807) is 4.90 Å². The summed E-state index contributed by atoms with van der Waals surface area (Å²) in [6.45, 7) is 2.97. The van der Waals surface area contributed by atoms with Crippen LogP contribution < -0.4 is 0 Å². The quantitative estimate of drug-likeness (QED) is 0.844. The Morgan fingerprint density at radius 1 is 1.00 bits per heavy atom. The molecule has 2 aromatic carbocycles. The summed E-state index contributed by atoms with van der Waals surface area (Å²) in [5.41, 5.74) is 2.60. The number of benzene rings is 2. The Hall–Kier alpha value is -2.14. The van der Waals surface area contributed by atoms with Crippen molar-refractivity contribution in [3.05, 3.63) is 71.3 Å². The van der Waals surface area contributed by atoms with E-state index in [1.807, 2.05) is 61.5 Å². The van der Waals surface area contributed by atoms with Gasteiger partial charge in [0.15, 0.2) is 9.84 Å². The molecule has 4 nitrogen and oxygen atoms in total. The van der Waals surface area contributed by atoms with Gasteiger partial charge in [0.05, 0.1) is 11.0 Å². The molecule has 1 saturated heterocycles. The zero-order valence-electron chi connectivity index (χ0n) is 14.4. The highest BCUT2D eigenvalue weighted by molar-refractivity contribution is 7.91. The molecule has 1 aliphatic heterocycles. The number of sulfone groups is 1. The molecule has 1 heterocycles. The first-order valence-corrected chi connectivity index (χ1v) is 10.3. The number of amides is 1. The summed E-state index contributed by atoms with van der Waals surface area (Å²) >= 11 is 0. The predicted molar refractivity (Wildman–Crippen MR) is 99.2 cm³/mol. The number of carbonyl (C=O) groups is 1. The highest BCUT2D eigenvalue weighted by Crippen LogP contribution is 2.22. The van der Waals surface area contributed by atoms with Gasteiger partial charge >= 0.3 is 0 Å². The van der Waals surface area contributed by atoms with Crippen molar-refractivity contribution in [2.45, 2.75) is 30.8 Å². The fourth-order valence-electron chi connectivity index (χ4n) is 3.22. The zero-order valence-corrected chi connectivity index (χ0v) is 15.2. The zero-order chi connectivity index (χ0) is 17.9. The van der Waals surface area contributed by atoms with E-state index in [4.69, 9.17) is 0 Å². The lowest BCUT2D eigenvalue weighted by Crippen LogP contribution is -2.42. The van der Waals surface area contributed by atoms with Gasteiger partial charge in [0.1, 0.15) is 0 Å². The van der Waals surface area contributed by atoms with E-state index in [0.29, 0.717) is 31.5 Å². The molecule has 0 spiro atoms. The van der Waals surface area contributed by atoms with Crippen molar-refractivity contribution >= 4 is 15.7 Å². The number of piperidine rings is 1. The third-order valence-electron chi connectivity index (χ3n) is 4.75. The summed E-state index contributed by atoms with van der Waals surface area (Å²) in [5.74, 6) is 0.0589. The van der Waals surface area contributed by atoms with Crippen molar-refractivity contribution in [2.75, 3.05) is 13.1 Å². The highest BCUT2D eigenvalue weighted by Gasteiger charge is 2.31. The summed E-state index contributed by atoms with van der Waals surface area (Å²) in [6.07, 6.45) is 1.01. The Labute approximate surface area is 149 Å². The van der Waals surface area contributed by atoms with Crippen molar-refractivity contribution in [1.82, 2.24) is 4.90 Å². The van der Waals surface area contributed by atoms with E-state index in [1.165, 1.54) is 0 Å². The topological polar surface area (TPSA) is 54.5 Å². The molecule has 0 saturated carbocycles. The van der Waals surface area contributed by atoms with E-state index in [0.717, 1.165) is 11.1 Å². The van der Waals surface area contributed by atoms with Gasteiger partial charge in [-0.15, -0.1) is 0 Å². The average molecular weight is 357 g/mol. The lowest BCUT2D eigenvalue weighted by atomic mass is 10.1. The van der Waals surface area contributed by atoms with Gasteiger partial charge in [0.25, 0.3) is 5.91 Å². The minimum atomic E-state index is -3.19. The number of hydrogen-bond acceptors (Lipinski definition) is 3. The van der Waals surface area contributed by atoms with Crippen LogP contribution in [0.3, 0.4) is 0 Å². The SMILES string of the molecule is Cc1ccc(C(=O)N2CCC(S(=O)(=O)Cc3ccccc3)CC2)cc1. The van der Waals surface area contributed by atoms with Crippen molar-refractivity contribution in [1.29, 1.82) is 0 Å². The average Bonchev–Trinajstić information content (AvgIpc) is 2.62. The lowest BCUT2D eigenvalue weighted by Gasteiger charge is -2.32. The van der Waals surface area contributed by atoms with Crippen LogP contribution in [0.25, 0.3) is 0 Å². The van der Waals surface area contributed by atoms with Crippen LogP contribution in [-0.4, -0.2) is 37.6 Å². The smallest absolute Gasteiger partial charge is 0.253 e. The summed E-state index contributed by atoms with van der Waals surface area (Å²) in [5, 5.41) is -0.366. The first-order valence-electron chi connectivity index (χ1n) is 8.57. The van der Waals surface area contributed by atoms with Gasteiger partial charge in [-0.1, -0.05) is 48.0 Å². The van der Waals surface area contributed by atoms with Gasteiger partial charge in [-0.2, -0.15) is 0 Å². The molecule has 1 aliphatic rings. The lowest BCUT2D eigenvalue weighted by molar-refractivity contribution is 0.0725. The molecule has 5 heteroatoms. The van der Waals surface area contributed by atoms with Gasteiger partial charge in [-0.05, 0) is 37.5 Å². The number of hydrogen-bond donors (Lipinski definition) is 0. The number of rotatable bonds is 4. The molecule has 0 atom stereocenters. The van der Waals surface area contributed by atoms with Gasteiger partial charge < -0.3 is 4.90 Å². The van der Waals surface area contributed by atoms with E-state index in [2.05, 4.69) is 0 Å². The van der Waals surface area contributed by atoms with Gasteiger partial charge in [-0.3, -0.25) is 4.79 Å². The largest absolute Gasteiger partial charge is 0.339 e. The van der Waals surface area contributed by atoms with Gasteiger partial charge in [0, 0.05) is 18.7 Å². The maximum atomic E-state index is 12.6. The van der Waals surface area contributed by atoms with Crippen molar-refractivity contribution < 1.29 is 13.2 Å². The molecule has 3 rings (SSSR count). The highest BCUT2D eigenvalue weighted by atomic mass is 32.2. The second-order valence-electron chi connectivity index (χ2n) is 6.65. The third-order valence-corrected chi connectivity index (χ3v) is 6.97. The van der Waals surface area contributed by atoms with Crippen molar-refractivity contribution in [3.8, 4) is 0 Å². The van der Waals surface area contributed by atoms with E-state index >= 15 is 0 Å². The van der Waals surface area contributed by atoms with Crippen LogP contribution in [0.4, 0.5) is 0 Å². The fourth-order valence-corrected chi connectivity index (χ4v) is 5.04. The monoisotopic (exact) mass is 357 g/mol. The van der Waals surface area contributed by atoms with Crippen LogP contribution in [-0.2, 0) is 15.6 Å². The predicted octanol–water partition coefficient (Wildman–Crippen LogP) is 3.21. The van der Waals surface area contributed by atoms with Gasteiger partial charge in [0.2, 0.25) is 0 Å². The van der Waals surface area contributed by atoms with Crippen molar-refractivity contribution in [2.24, 2.45) is 0 Å². The van der Waals surface area contributed by atoms with Crippen LogP contribution in [0.5, 0.6) is 0 Å². The van der Waals surface area contributed by atoms with Crippen LogP contribution in [0.1, 0.15) is 34.3 Å². The van der Waals surface area contributed by atoms with E-state index in [-0.39, 0.29) is 16.9 Å². The number of nitrogens with zero attached hydrogens (tertiary/aromatic N) is 1. The van der Waals surface area contributed by atoms with Crippen LogP contribution in [0, 0.1) is 6.92 Å². The molecule has 0 radical (unpaired) electrons. The maximum absolute atomic E-state index is 12.6. The number of likely N-dealkylation sites (tertiary alicyclic amines) is 1. The minimum Gasteiger partial charge on any atom is -0.339 e. The second kappa shape index (κ2) is 7.40. The summed E-state index contributed by atoms with van der Waals surface area (Å²) in [7, 11) is -3.19. The molecule has 0 aliphatic carbocycles. The number of aryl methyl sites for hydroxylation is 1. The molecular formula is C20H23NO3S. The number of carbonyl (C=O) groups excluding carboxylic acids is 1. The molecule has 0 N–H and O–H groups in total. The minimum absolute atomic E-state index is 0.0149. The Morgan fingerprint density at radius 3 is 2.20 bits per heavy atom. The van der Waals surface area contributed by atoms with Gasteiger partial charge in [-0.25, -0.2) is 8.42 Å². The normalized spacial score (nSPS) is 16.0. The van der Waals surface area contributed by atoms with E-state index < -0.39 is 9.84 Å². The molecule has 132 valence electrons. The first kappa shape index (κ1) is 17.7. The summed E-state index contributed by atoms with van der Waals surface area (Å²) < 4.78 is 25.3. The molecule has 25 heavy (non-hydrogen) atoms. The van der Waals surface area contributed by atoms with Crippen molar-refractivity contribution in [3.63, 3.8) is 0 Å². The third kappa shape index (κ3) is 4.28. The molecule has 0 unspecified atom stereocenters. The standard InChI is InChI=1S/C20H23NO3S/c1-16-7-9-18(10-8-16)20(22)21-13-11-19(12-14-21)25(23,24)15-17-5-3-2-4-6-17/h2-10,19H,11-15H2,1H3. The van der Waals surface area contributed by atoms with E-state index in [9.17, 15) is 13.2 Å². The molecular weight excluding hydrogens is 334 g/mol. The first-order chi connectivity index (χ1) is 12.0. The maximum Gasteiger partial charge on any atom is 0.253 e. The summed E-state index contributed by atoms with van der Waals surface area (Å²) in [6, 6.07) is 16.8. The molecule has 2 aromatic rings. The Bertz CT molecular complexity index is 821. The summed E-state index contributed by atoms with van der Waals surface area (Å²) in [4.78, 5) is 14.3. The van der Waals surface area contributed by atoms with Crippen LogP contribution in [0.15, 0.2) is 54.6 Å².